The molecule has 36 heavy (non-hydrogen) atoms. The molecule has 0 aliphatic rings. The van der Waals surface area contributed by atoms with Gasteiger partial charge in [0.15, 0.2) is 0 Å². The van der Waals surface area contributed by atoms with Gasteiger partial charge in [-0.25, -0.2) is 0 Å². The van der Waals surface area contributed by atoms with Gasteiger partial charge in [-0.2, -0.15) is 5.10 Å². The first-order valence-corrected chi connectivity index (χ1v) is 12.1. The number of H-pyrrole nitrogens is 1. The third-order valence-corrected chi connectivity index (χ3v) is 6.60. The van der Waals surface area contributed by atoms with E-state index in [1.807, 2.05) is 49.0 Å². The highest BCUT2D eigenvalue weighted by molar-refractivity contribution is 6.08. The van der Waals surface area contributed by atoms with Crippen LogP contribution in [0.5, 0.6) is 0 Å². The molecule has 4 aromatic rings. The van der Waals surface area contributed by atoms with Crippen LogP contribution in [0.25, 0.3) is 22.0 Å². The smallest absolute Gasteiger partial charge is 0.253 e. The van der Waals surface area contributed by atoms with Gasteiger partial charge in [-0.15, -0.1) is 0 Å². The summed E-state index contributed by atoms with van der Waals surface area (Å²) in [6, 6.07) is 10.1. The van der Waals surface area contributed by atoms with Crippen LogP contribution in [0.4, 0.5) is 0 Å². The summed E-state index contributed by atoms with van der Waals surface area (Å²) in [7, 11) is 0. The van der Waals surface area contributed by atoms with E-state index in [1.54, 1.807) is 6.20 Å². The van der Waals surface area contributed by atoms with Crippen molar-refractivity contribution in [1.82, 2.24) is 25.1 Å². The number of nitrogens with one attached hydrogen (secondary N) is 2. The number of fused-ring (bicyclic) bond motifs is 1. The zero-order chi connectivity index (χ0) is 25.3. The van der Waals surface area contributed by atoms with Crippen molar-refractivity contribution in [2.45, 2.75) is 73.9 Å². The maximum Gasteiger partial charge on any atom is 0.253 e. The van der Waals surface area contributed by atoms with Gasteiger partial charge in [-0.05, 0) is 68.5 Å². The Morgan fingerprint density at radius 2 is 1.83 bits per heavy atom. The molecule has 2 N–H and O–H groups in total. The Kier molecular flexibility index (Phi) is 8.13. The van der Waals surface area contributed by atoms with Gasteiger partial charge < -0.3 is 10.3 Å². The van der Waals surface area contributed by atoms with Gasteiger partial charge in [-0.3, -0.25) is 19.3 Å². The second-order valence-corrected chi connectivity index (χ2v) is 9.56. The van der Waals surface area contributed by atoms with Gasteiger partial charge in [0.1, 0.15) is 0 Å². The molecule has 1 amide bonds. The predicted molar refractivity (Wildman–Crippen MR) is 146 cm³/mol. The van der Waals surface area contributed by atoms with E-state index < -0.39 is 0 Å². The maximum absolute atomic E-state index is 13.4. The van der Waals surface area contributed by atoms with Crippen LogP contribution in [0.3, 0.4) is 0 Å². The highest BCUT2D eigenvalue weighted by atomic mass is 16.1. The Bertz CT molecular complexity index is 1430. The zero-order valence-electron chi connectivity index (χ0n) is 21.3. The molecule has 1 unspecified atom stereocenters. The van der Waals surface area contributed by atoms with Crippen molar-refractivity contribution in [2.24, 2.45) is 0 Å². The van der Waals surface area contributed by atoms with Crippen LogP contribution >= 0.6 is 0 Å². The first kappa shape index (κ1) is 26.9. The van der Waals surface area contributed by atoms with Crippen molar-refractivity contribution in [1.29, 1.82) is 0 Å². The molecule has 0 spiro atoms. The number of hydrogen-bond donors (Lipinski definition) is 2. The first-order chi connectivity index (χ1) is 16.7. The lowest BCUT2D eigenvalue weighted by Crippen LogP contribution is -2.28. The van der Waals surface area contributed by atoms with E-state index in [1.165, 1.54) is 0 Å². The van der Waals surface area contributed by atoms with Crippen LogP contribution in [0.15, 0.2) is 47.5 Å². The molecule has 7 heteroatoms. The number of aryl methyl sites for hydroxylation is 2. The molecule has 3 heterocycles. The molecule has 0 aliphatic carbocycles. The number of carbonyl (C=O) groups excluding carboxylic acids is 1. The Morgan fingerprint density at radius 1 is 1.08 bits per heavy atom. The van der Waals surface area contributed by atoms with Crippen LogP contribution in [0, 0.1) is 13.8 Å². The fourth-order valence-corrected chi connectivity index (χ4v) is 4.31. The molecule has 1 aromatic carbocycles. The third kappa shape index (κ3) is 5.25. The first-order valence-electron chi connectivity index (χ1n) is 12.1. The van der Waals surface area contributed by atoms with Crippen LogP contribution in [0.1, 0.15) is 86.4 Å². The van der Waals surface area contributed by atoms with Crippen LogP contribution in [-0.2, 0) is 6.54 Å². The van der Waals surface area contributed by atoms with E-state index in [0.717, 1.165) is 45.4 Å². The van der Waals surface area contributed by atoms with Crippen molar-refractivity contribution >= 4 is 16.8 Å². The summed E-state index contributed by atoms with van der Waals surface area (Å²) < 4.78 is 1.97. The number of benzene rings is 1. The summed E-state index contributed by atoms with van der Waals surface area (Å²) in [6.45, 7) is 12.3. The molecule has 4 rings (SSSR count). The average molecular weight is 488 g/mol. The van der Waals surface area contributed by atoms with Crippen molar-refractivity contribution in [2.75, 3.05) is 0 Å². The lowest BCUT2D eigenvalue weighted by Gasteiger charge is -2.14. The quantitative estimate of drug-likeness (QED) is 0.331. The van der Waals surface area contributed by atoms with Gasteiger partial charge in [-0.1, -0.05) is 34.3 Å². The molecule has 3 aromatic heterocycles. The van der Waals surface area contributed by atoms with Gasteiger partial charge in [0.25, 0.3) is 11.5 Å². The van der Waals surface area contributed by atoms with E-state index in [0.29, 0.717) is 17.0 Å². The minimum atomic E-state index is -0.244. The average Bonchev–Trinajstić information content (AvgIpc) is 3.26. The summed E-state index contributed by atoms with van der Waals surface area (Å²) in [5, 5.41) is 8.34. The number of carbonyl (C=O) groups is 1. The third-order valence-electron chi connectivity index (χ3n) is 6.60. The van der Waals surface area contributed by atoms with E-state index in [2.05, 4.69) is 54.1 Å². The van der Waals surface area contributed by atoms with Gasteiger partial charge >= 0.3 is 0 Å². The second-order valence-electron chi connectivity index (χ2n) is 9.56. The van der Waals surface area contributed by atoms with E-state index in [9.17, 15) is 9.59 Å². The highest BCUT2D eigenvalue weighted by Gasteiger charge is 2.19. The van der Waals surface area contributed by atoms with Crippen molar-refractivity contribution < 1.29 is 4.79 Å². The molecule has 0 bridgehead atoms. The largest absolute Gasteiger partial charge is 0.348 e. The van der Waals surface area contributed by atoms with Crippen LogP contribution in [-0.4, -0.2) is 25.7 Å². The van der Waals surface area contributed by atoms with Crippen LogP contribution < -0.4 is 10.9 Å². The minimum Gasteiger partial charge on any atom is -0.348 e. The molecule has 7 nitrogen and oxygen atoms in total. The van der Waals surface area contributed by atoms with E-state index >= 15 is 0 Å². The molecule has 0 saturated carbocycles. The highest BCUT2D eigenvalue weighted by Crippen LogP contribution is 2.30. The lowest BCUT2D eigenvalue weighted by molar-refractivity contribution is 0.0952. The molecule has 190 valence electrons. The zero-order valence-corrected chi connectivity index (χ0v) is 21.3. The Morgan fingerprint density at radius 3 is 2.44 bits per heavy atom. The Hall–Kier alpha value is -3.74. The number of hydrogen-bond acceptors (Lipinski definition) is 4. The molecular weight excluding hydrogens is 450 g/mol. The lowest BCUT2D eigenvalue weighted by atomic mass is 9.99. The summed E-state index contributed by atoms with van der Waals surface area (Å²) in [6.07, 6.45) is 4.53. The SMILES string of the molecule is C.CCC(C)n1ncc2c(C(=O)NCc3c(C)cc(C)[nH]c3=O)cc(-c3ccc(C(C)C)nc3)cc21. The Labute approximate surface area is 213 Å². The fraction of sp³-hybridized carbons (Fsp3) is 0.379. The molecular formula is C29H37N5O2. The normalized spacial score (nSPS) is 12.0. The van der Waals surface area contributed by atoms with Gasteiger partial charge in [0.05, 0.1) is 17.3 Å². The molecule has 0 saturated heterocycles. The number of pyridine rings is 2. The summed E-state index contributed by atoms with van der Waals surface area (Å²) >= 11 is 0. The van der Waals surface area contributed by atoms with Gasteiger partial charge in [0, 0.05) is 46.7 Å². The summed E-state index contributed by atoms with van der Waals surface area (Å²) in [5.74, 6) is 0.0970. The van der Waals surface area contributed by atoms with E-state index in [4.69, 9.17) is 0 Å². The van der Waals surface area contributed by atoms with Crippen LogP contribution in [0.2, 0.25) is 0 Å². The fourth-order valence-electron chi connectivity index (χ4n) is 4.31. The Balaban J connectivity index is 0.00000361. The summed E-state index contributed by atoms with van der Waals surface area (Å²) in [5.41, 5.74) is 6.32. The minimum absolute atomic E-state index is 0. The molecule has 0 fully saturated rings. The predicted octanol–water partition coefficient (Wildman–Crippen LogP) is 6.06. The maximum atomic E-state index is 13.4. The number of nitrogens with zero attached hydrogens (tertiary/aromatic N) is 3. The molecule has 0 aliphatic heterocycles. The van der Waals surface area contributed by atoms with Crippen molar-refractivity contribution in [3.63, 3.8) is 0 Å². The number of amides is 1. The van der Waals surface area contributed by atoms with Crippen molar-refractivity contribution in [3.8, 4) is 11.1 Å². The standard InChI is InChI=1S/C28H33N5O2.CH4/c1-7-19(6)33-26-12-21(20-8-9-25(16(2)3)29-13-20)11-22(24(26)15-31-33)27(34)30-14-23-17(4)10-18(5)32-28(23)35;/h8-13,15-16,19H,7,14H2,1-6H3,(H,30,34)(H,32,35);1H4. The molecule has 0 radical (unpaired) electrons. The number of aromatic nitrogens is 4. The molecule has 1 atom stereocenters. The van der Waals surface area contributed by atoms with E-state index in [-0.39, 0.29) is 31.5 Å². The number of rotatable bonds is 7. The second kappa shape index (κ2) is 10.9. The topological polar surface area (TPSA) is 92.7 Å². The summed E-state index contributed by atoms with van der Waals surface area (Å²) in [4.78, 5) is 33.3. The number of aromatic amines is 1. The van der Waals surface area contributed by atoms with Crippen molar-refractivity contribution in [3.05, 3.63) is 81.2 Å². The van der Waals surface area contributed by atoms with Gasteiger partial charge in [0.2, 0.25) is 0 Å². The monoisotopic (exact) mass is 487 g/mol.